The van der Waals surface area contributed by atoms with Crippen molar-refractivity contribution in [2.75, 3.05) is 30.0 Å². The minimum absolute atomic E-state index is 0.0242. The molecule has 3 N–H and O–H groups in total. The Morgan fingerprint density at radius 3 is 3.00 bits per heavy atom. The first-order valence-corrected chi connectivity index (χ1v) is 6.64. The molecule has 0 bridgehead atoms. The summed E-state index contributed by atoms with van der Waals surface area (Å²) in [5.41, 5.74) is 2.39. The standard InChI is InChI=1S/C12H19N5O3/c1-2-16(8-9-4-3-7-20-9)12-10(17(18)19)5-6-11(14-12)15-13/h5-6,9H,2-4,7-8,13H2,1H3,(H,14,15). The predicted molar refractivity (Wildman–Crippen MR) is 75.6 cm³/mol. The number of ether oxygens (including phenoxy) is 1. The molecule has 1 unspecified atom stereocenters. The number of anilines is 2. The quantitative estimate of drug-likeness (QED) is 0.459. The average molecular weight is 281 g/mol. The van der Waals surface area contributed by atoms with E-state index in [9.17, 15) is 10.1 Å². The Labute approximate surface area is 117 Å². The van der Waals surface area contributed by atoms with Crippen LogP contribution in [0.2, 0.25) is 0 Å². The lowest BCUT2D eigenvalue weighted by molar-refractivity contribution is -0.384. The summed E-state index contributed by atoms with van der Waals surface area (Å²) in [6, 6.07) is 2.90. The maximum absolute atomic E-state index is 11.1. The monoisotopic (exact) mass is 281 g/mol. The van der Waals surface area contributed by atoms with Crippen LogP contribution in [0.3, 0.4) is 0 Å². The van der Waals surface area contributed by atoms with Gasteiger partial charge in [-0.05, 0) is 25.8 Å². The molecule has 0 spiro atoms. The van der Waals surface area contributed by atoms with Gasteiger partial charge in [0.1, 0.15) is 5.82 Å². The van der Waals surface area contributed by atoms with Gasteiger partial charge in [0, 0.05) is 25.8 Å². The molecule has 1 aliphatic heterocycles. The van der Waals surface area contributed by atoms with Crippen LogP contribution in [0.1, 0.15) is 19.8 Å². The second-order valence-corrected chi connectivity index (χ2v) is 4.61. The van der Waals surface area contributed by atoms with Crippen LogP contribution in [0, 0.1) is 10.1 Å². The number of nitrogens with two attached hydrogens (primary N) is 1. The second-order valence-electron chi connectivity index (χ2n) is 4.61. The van der Waals surface area contributed by atoms with E-state index in [1.54, 1.807) is 0 Å². The van der Waals surface area contributed by atoms with Crippen LogP contribution in [0.15, 0.2) is 12.1 Å². The SMILES string of the molecule is CCN(CC1CCCO1)c1nc(NN)ccc1[N+](=O)[O-]. The fraction of sp³-hybridized carbons (Fsp3) is 0.583. The first-order chi connectivity index (χ1) is 9.65. The van der Waals surface area contributed by atoms with E-state index in [0.29, 0.717) is 24.7 Å². The lowest BCUT2D eigenvalue weighted by atomic mass is 10.2. The van der Waals surface area contributed by atoms with Crippen LogP contribution in [-0.4, -0.2) is 35.7 Å². The molecule has 0 aromatic carbocycles. The van der Waals surface area contributed by atoms with Crippen molar-refractivity contribution < 1.29 is 9.66 Å². The van der Waals surface area contributed by atoms with Crippen molar-refractivity contribution in [3.8, 4) is 0 Å². The van der Waals surface area contributed by atoms with Gasteiger partial charge in [-0.2, -0.15) is 0 Å². The number of pyridine rings is 1. The van der Waals surface area contributed by atoms with Gasteiger partial charge in [0.25, 0.3) is 0 Å². The number of nitro groups is 1. The second kappa shape index (κ2) is 6.49. The molecule has 2 rings (SSSR count). The summed E-state index contributed by atoms with van der Waals surface area (Å²) in [5, 5.41) is 11.1. The lowest BCUT2D eigenvalue weighted by Gasteiger charge is -2.24. The Bertz CT molecular complexity index is 476. The van der Waals surface area contributed by atoms with E-state index in [-0.39, 0.29) is 11.8 Å². The molecule has 0 amide bonds. The van der Waals surface area contributed by atoms with Crippen molar-refractivity contribution in [1.82, 2.24) is 4.98 Å². The molecule has 0 saturated carbocycles. The lowest BCUT2D eigenvalue weighted by Crippen LogP contribution is -2.33. The Hall–Kier alpha value is -1.93. The van der Waals surface area contributed by atoms with Gasteiger partial charge >= 0.3 is 5.69 Å². The molecule has 1 aromatic heterocycles. The van der Waals surface area contributed by atoms with Gasteiger partial charge in [-0.15, -0.1) is 0 Å². The van der Waals surface area contributed by atoms with Crippen molar-refractivity contribution in [2.45, 2.75) is 25.9 Å². The number of hydrazine groups is 1. The molecular weight excluding hydrogens is 262 g/mol. The molecule has 1 fully saturated rings. The zero-order chi connectivity index (χ0) is 14.5. The van der Waals surface area contributed by atoms with Gasteiger partial charge in [-0.3, -0.25) is 10.1 Å². The van der Waals surface area contributed by atoms with Gasteiger partial charge in [0.15, 0.2) is 0 Å². The van der Waals surface area contributed by atoms with Gasteiger partial charge in [-0.1, -0.05) is 0 Å². The Balaban J connectivity index is 2.27. The molecule has 1 aliphatic rings. The molecule has 2 heterocycles. The summed E-state index contributed by atoms with van der Waals surface area (Å²) in [5.74, 6) is 6.05. The minimum Gasteiger partial charge on any atom is -0.376 e. The Morgan fingerprint density at radius 1 is 1.65 bits per heavy atom. The first kappa shape index (κ1) is 14.5. The van der Waals surface area contributed by atoms with Crippen molar-refractivity contribution in [2.24, 2.45) is 5.84 Å². The van der Waals surface area contributed by atoms with E-state index in [4.69, 9.17) is 10.6 Å². The van der Waals surface area contributed by atoms with Crippen LogP contribution in [0.4, 0.5) is 17.3 Å². The molecule has 1 saturated heterocycles. The Kier molecular flexibility index (Phi) is 4.70. The van der Waals surface area contributed by atoms with Crippen molar-refractivity contribution in [1.29, 1.82) is 0 Å². The van der Waals surface area contributed by atoms with Gasteiger partial charge in [0.05, 0.1) is 11.0 Å². The summed E-state index contributed by atoms with van der Waals surface area (Å²) >= 11 is 0. The van der Waals surface area contributed by atoms with Crippen molar-refractivity contribution in [3.63, 3.8) is 0 Å². The van der Waals surface area contributed by atoms with Crippen LogP contribution < -0.4 is 16.2 Å². The molecule has 110 valence electrons. The summed E-state index contributed by atoms with van der Waals surface area (Å²) in [6.07, 6.45) is 2.10. The largest absolute Gasteiger partial charge is 0.376 e. The molecule has 1 aromatic rings. The molecule has 0 aliphatic carbocycles. The number of hydrogen-bond donors (Lipinski definition) is 2. The topological polar surface area (TPSA) is 107 Å². The number of rotatable bonds is 6. The maximum Gasteiger partial charge on any atom is 0.311 e. The van der Waals surface area contributed by atoms with E-state index in [2.05, 4.69) is 10.4 Å². The molecule has 1 atom stereocenters. The summed E-state index contributed by atoms with van der Waals surface area (Å²) < 4.78 is 5.58. The van der Waals surface area contributed by atoms with E-state index in [1.165, 1.54) is 12.1 Å². The molecule has 20 heavy (non-hydrogen) atoms. The van der Waals surface area contributed by atoms with Gasteiger partial charge in [-0.25, -0.2) is 10.8 Å². The van der Waals surface area contributed by atoms with E-state index >= 15 is 0 Å². The summed E-state index contributed by atoms with van der Waals surface area (Å²) in [4.78, 5) is 16.8. The number of likely N-dealkylation sites (N-methyl/N-ethyl adjacent to an activating group) is 1. The van der Waals surface area contributed by atoms with E-state index in [0.717, 1.165) is 19.4 Å². The highest BCUT2D eigenvalue weighted by atomic mass is 16.6. The fourth-order valence-electron chi connectivity index (χ4n) is 2.30. The zero-order valence-electron chi connectivity index (χ0n) is 11.4. The molecular formula is C12H19N5O3. The van der Waals surface area contributed by atoms with E-state index < -0.39 is 4.92 Å². The summed E-state index contributed by atoms with van der Waals surface area (Å²) in [6.45, 7) is 3.89. The van der Waals surface area contributed by atoms with Crippen LogP contribution >= 0.6 is 0 Å². The number of nitrogen functional groups attached to an aromatic ring is 1. The molecule has 8 nitrogen and oxygen atoms in total. The van der Waals surface area contributed by atoms with Gasteiger partial charge in [0.2, 0.25) is 5.82 Å². The third-order valence-corrected chi connectivity index (χ3v) is 3.33. The number of hydrogen-bond acceptors (Lipinski definition) is 7. The average Bonchev–Trinajstić information content (AvgIpc) is 2.97. The third-order valence-electron chi connectivity index (χ3n) is 3.33. The predicted octanol–water partition coefficient (Wildman–Crippen LogP) is 1.28. The highest BCUT2D eigenvalue weighted by Gasteiger charge is 2.25. The zero-order valence-corrected chi connectivity index (χ0v) is 11.4. The first-order valence-electron chi connectivity index (χ1n) is 6.64. The smallest absolute Gasteiger partial charge is 0.311 e. The minimum atomic E-state index is -0.430. The number of nitrogens with one attached hydrogen (secondary N) is 1. The molecule has 8 heteroatoms. The van der Waals surface area contributed by atoms with Crippen molar-refractivity contribution in [3.05, 3.63) is 22.2 Å². The van der Waals surface area contributed by atoms with E-state index in [1.807, 2.05) is 11.8 Å². The normalized spacial score (nSPS) is 18.0. The maximum atomic E-state index is 11.1. The number of nitrogens with zero attached hydrogens (tertiary/aromatic N) is 3. The van der Waals surface area contributed by atoms with Crippen LogP contribution in [-0.2, 0) is 4.74 Å². The summed E-state index contributed by atoms with van der Waals surface area (Å²) in [7, 11) is 0. The highest BCUT2D eigenvalue weighted by molar-refractivity contribution is 5.61. The molecule has 0 radical (unpaired) electrons. The third kappa shape index (κ3) is 3.14. The van der Waals surface area contributed by atoms with Crippen molar-refractivity contribution >= 4 is 17.3 Å². The number of aromatic nitrogens is 1. The van der Waals surface area contributed by atoms with Gasteiger partial charge < -0.3 is 15.1 Å². The Morgan fingerprint density at radius 2 is 2.45 bits per heavy atom. The highest BCUT2D eigenvalue weighted by Crippen LogP contribution is 2.28. The van der Waals surface area contributed by atoms with Crippen LogP contribution in [0.5, 0.6) is 0 Å². The fourth-order valence-corrected chi connectivity index (χ4v) is 2.30. The van der Waals surface area contributed by atoms with Crippen LogP contribution in [0.25, 0.3) is 0 Å².